The lowest BCUT2D eigenvalue weighted by Crippen LogP contribution is -2.16. The van der Waals surface area contributed by atoms with Gasteiger partial charge in [-0.1, -0.05) is 17.7 Å². The molecular weight excluding hydrogens is 198 g/mol. The molecule has 0 aromatic heterocycles. The van der Waals surface area contributed by atoms with Crippen molar-refractivity contribution in [2.24, 2.45) is 11.7 Å². The van der Waals surface area contributed by atoms with Crippen molar-refractivity contribution in [1.29, 1.82) is 0 Å². The standard InChI is InChI=1S/C14H21NO/c1-9-6-10(2)14(16-3)12(7-9)13(8-15)11-4-5-11/h6-7,11,13H,4-5,8,15H2,1-3H3. The van der Waals surface area contributed by atoms with E-state index < -0.39 is 0 Å². The highest BCUT2D eigenvalue weighted by molar-refractivity contribution is 5.46. The third-order valence-corrected chi connectivity index (χ3v) is 3.50. The first kappa shape index (κ1) is 11.5. The van der Waals surface area contributed by atoms with Crippen LogP contribution in [0.25, 0.3) is 0 Å². The Balaban J connectivity index is 2.43. The van der Waals surface area contributed by atoms with Gasteiger partial charge in [-0.2, -0.15) is 0 Å². The molecule has 1 unspecified atom stereocenters. The zero-order chi connectivity index (χ0) is 11.7. The second-order valence-corrected chi connectivity index (χ2v) is 4.88. The maximum atomic E-state index is 5.91. The minimum Gasteiger partial charge on any atom is -0.496 e. The summed E-state index contributed by atoms with van der Waals surface area (Å²) >= 11 is 0. The molecule has 2 nitrogen and oxygen atoms in total. The van der Waals surface area contributed by atoms with E-state index in [1.165, 1.54) is 29.5 Å². The lowest BCUT2D eigenvalue weighted by Gasteiger charge is -2.20. The molecule has 0 spiro atoms. The van der Waals surface area contributed by atoms with Gasteiger partial charge in [0, 0.05) is 5.92 Å². The Morgan fingerprint density at radius 2 is 2.06 bits per heavy atom. The van der Waals surface area contributed by atoms with Crippen molar-refractivity contribution in [3.05, 3.63) is 28.8 Å². The molecular formula is C14H21NO. The number of hydrogen-bond donors (Lipinski definition) is 1. The highest BCUT2D eigenvalue weighted by Crippen LogP contribution is 2.45. The fourth-order valence-corrected chi connectivity index (χ4v) is 2.61. The van der Waals surface area contributed by atoms with E-state index >= 15 is 0 Å². The van der Waals surface area contributed by atoms with Crippen LogP contribution in [0.3, 0.4) is 0 Å². The van der Waals surface area contributed by atoms with Gasteiger partial charge >= 0.3 is 0 Å². The summed E-state index contributed by atoms with van der Waals surface area (Å²) in [6.45, 7) is 4.97. The molecule has 1 fully saturated rings. The molecule has 1 aromatic carbocycles. The Kier molecular flexibility index (Phi) is 3.20. The molecule has 2 N–H and O–H groups in total. The summed E-state index contributed by atoms with van der Waals surface area (Å²) < 4.78 is 5.54. The van der Waals surface area contributed by atoms with Crippen LogP contribution in [0.15, 0.2) is 12.1 Å². The average molecular weight is 219 g/mol. The molecule has 1 aliphatic rings. The fraction of sp³-hybridized carbons (Fsp3) is 0.571. The van der Waals surface area contributed by atoms with Crippen molar-refractivity contribution in [3.63, 3.8) is 0 Å². The smallest absolute Gasteiger partial charge is 0.125 e. The first-order valence-corrected chi connectivity index (χ1v) is 6.02. The topological polar surface area (TPSA) is 35.2 Å². The van der Waals surface area contributed by atoms with Crippen LogP contribution in [0.2, 0.25) is 0 Å². The van der Waals surface area contributed by atoms with Crippen molar-refractivity contribution in [2.45, 2.75) is 32.6 Å². The maximum absolute atomic E-state index is 5.91. The zero-order valence-electron chi connectivity index (χ0n) is 10.4. The Hall–Kier alpha value is -1.02. The average Bonchev–Trinajstić information content (AvgIpc) is 3.02. The number of ether oxygens (including phenoxy) is 1. The quantitative estimate of drug-likeness (QED) is 0.845. The minimum absolute atomic E-state index is 0.480. The van der Waals surface area contributed by atoms with Crippen LogP contribution < -0.4 is 10.5 Å². The number of benzene rings is 1. The van der Waals surface area contributed by atoms with E-state index in [2.05, 4.69) is 26.0 Å². The number of aryl methyl sites for hydroxylation is 2. The van der Waals surface area contributed by atoms with Crippen molar-refractivity contribution in [1.82, 2.24) is 0 Å². The van der Waals surface area contributed by atoms with Crippen LogP contribution in [0, 0.1) is 19.8 Å². The lowest BCUT2D eigenvalue weighted by atomic mass is 9.90. The van der Waals surface area contributed by atoms with Crippen molar-refractivity contribution in [2.75, 3.05) is 13.7 Å². The van der Waals surface area contributed by atoms with Gasteiger partial charge in [0.05, 0.1) is 7.11 Å². The number of methoxy groups -OCH3 is 1. The van der Waals surface area contributed by atoms with E-state index in [1.54, 1.807) is 7.11 Å². The van der Waals surface area contributed by atoms with Gasteiger partial charge in [0.1, 0.15) is 5.75 Å². The Morgan fingerprint density at radius 3 is 2.56 bits per heavy atom. The van der Waals surface area contributed by atoms with Gasteiger partial charge in [0.15, 0.2) is 0 Å². The second-order valence-electron chi connectivity index (χ2n) is 4.88. The first-order valence-electron chi connectivity index (χ1n) is 6.02. The molecule has 0 heterocycles. The molecule has 16 heavy (non-hydrogen) atoms. The van der Waals surface area contributed by atoms with Gasteiger partial charge in [-0.15, -0.1) is 0 Å². The van der Waals surface area contributed by atoms with Crippen LogP contribution in [-0.4, -0.2) is 13.7 Å². The molecule has 1 saturated carbocycles. The molecule has 1 atom stereocenters. The normalized spacial score (nSPS) is 17.2. The number of hydrogen-bond acceptors (Lipinski definition) is 2. The molecule has 88 valence electrons. The highest BCUT2D eigenvalue weighted by atomic mass is 16.5. The summed E-state index contributed by atoms with van der Waals surface area (Å²) in [5.41, 5.74) is 9.74. The molecule has 1 aliphatic carbocycles. The fourth-order valence-electron chi connectivity index (χ4n) is 2.61. The van der Waals surface area contributed by atoms with E-state index in [0.717, 1.165) is 18.2 Å². The Bertz CT molecular complexity index is 383. The summed E-state index contributed by atoms with van der Waals surface area (Å²) in [6, 6.07) is 4.41. The predicted octanol–water partition coefficient (Wildman–Crippen LogP) is 2.76. The molecule has 2 rings (SSSR count). The highest BCUT2D eigenvalue weighted by Gasteiger charge is 2.33. The molecule has 1 aromatic rings. The van der Waals surface area contributed by atoms with E-state index in [4.69, 9.17) is 10.5 Å². The number of nitrogens with two attached hydrogens (primary N) is 1. The van der Waals surface area contributed by atoms with Crippen LogP contribution in [-0.2, 0) is 0 Å². The molecule has 0 amide bonds. The van der Waals surface area contributed by atoms with Crippen LogP contribution in [0.5, 0.6) is 5.75 Å². The van der Waals surface area contributed by atoms with Crippen LogP contribution in [0.1, 0.15) is 35.4 Å². The largest absolute Gasteiger partial charge is 0.496 e. The SMILES string of the molecule is COc1c(C)cc(C)cc1C(CN)C1CC1. The van der Waals surface area contributed by atoms with Gasteiger partial charge in [0.2, 0.25) is 0 Å². The van der Waals surface area contributed by atoms with Gasteiger partial charge in [-0.3, -0.25) is 0 Å². The second kappa shape index (κ2) is 4.46. The summed E-state index contributed by atoms with van der Waals surface area (Å²) in [7, 11) is 1.75. The van der Waals surface area contributed by atoms with E-state index in [9.17, 15) is 0 Å². The third kappa shape index (κ3) is 2.07. The van der Waals surface area contributed by atoms with Crippen molar-refractivity contribution >= 4 is 0 Å². The first-order chi connectivity index (χ1) is 7.67. The summed E-state index contributed by atoms with van der Waals surface area (Å²) in [6.07, 6.45) is 2.63. The van der Waals surface area contributed by atoms with E-state index in [1.807, 2.05) is 0 Å². The van der Waals surface area contributed by atoms with Crippen molar-refractivity contribution in [3.8, 4) is 5.75 Å². The maximum Gasteiger partial charge on any atom is 0.125 e. The molecule has 2 heteroatoms. The molecule has 0 aliphatic heterocycles. The summed E-state index contributed by atoms with van der Waals surface area (Å²) in [4.78, 5) is 0. The van der Waals surface area contributed by atoms with Crippen LogP contribution in [0.4, 0.5) is 0 Å². The van der Waals surface area contributed by atoms with E-state index in [-0.39, 0.29) is 0 Å². The van der Waals surface area contributed by atoms with Crippen molar-refractivity contribution < 1.29 is 4.74 Å². The monoisotopic (exact) mass is 219 g/mol. The predicted molar refractivity (Wildman–Crippen MR) is 67.0 cm³/mol. The number of rotatable bonds is 4. The van der Waals surface area contributed by atoms with E-state index in [0.29, 0.717) is 5.92 Å². The molecule has 0 saturated heterocycles. The Labute approximate surface area is 97.8 Å². The zero-order valence-corrected chi connectivity index (χ0v) is 10.4. The minimum atomic E-state index is 0.480. The van der Waals surface area contributed by atoms with Crippen LogP contribution >= 0.6 is 0 Å². The van der Waals surface area contributed by atoms with Gasteiger partial charge < -0.3 is 10.5 Å². The Morgan fingerprint density at radius 1 is 1.38 bits per heavy atom. The summed E-state index contributed by atoms with van der Waals surface area (Å²) in [5.74, 6) is 2.29. The molecule has 0 radical (unpaired) electrons. The summed E-state index contributed by atoms with van der Waals surface area (Å²) in [5, 5.41) is 0. The molecule has 0 bridgehead atoms. The van der Waals surface area contributed by atoms with Gasteiger partial charge in [-0.05, 0) is 50.3 Å². The van der Waals surface area contributed by atoms with Gasteiger partial charge in [-0.25, -0.2) is 0 Å². The lowest BCUT2D eigenvalue weighted by molar-refractivity contribution is 0.399. The van der Waals surface area contributed by atoms with Gasteiger partial charge in [0.25, 0.3) is 0 Å². The third-order valence-electron chi connectivity index (χ3n) is 3.50.